The van der Waals surface area contributed by atoms with E-state index in [1.54, 1.807) is 0 Å². The molecule has 4 aromatic heterocycles. The molecule has 32 heavy (non-hydrogen) atoms. The molecule has 2 aliphatic rings. The minimum Gasteiger partial charge on any atom is -0.264 e. The van der Waals surface area contributed by atoms with Crippen LogP contribution in [0, 0.1) is 0 Å². The molecule has 1 aliphatic carbocycles. The normalized spacial score (nSPS) is 14.4. The van der Waals surface area contributed by atoms with E-state index in [0.29, 0.717) is 0 Å². The van der Waals surface area contributed by atoms with Gasteiger partial charge in [-0.15, -0.1) is 0 Å². The van der Waals surface area contributed by atoms with Crippen LogP contribution in [0.3, 0.4) is 0 Å². The fourth-order valence-corrected chi connectivity index (χ4v) is 5.74. The summed E-state index contributed by atoms with van der Waals surface area (Å²) in [6.45, 7) is 0.0744. The Kier molecular flexibility index (Phi) is 3.53. The highest BCUT2D eigenvalue weighted by Gasteiger charge is 2.54. The highest BCUT2D eigenvalue weighted by molar-refractivity contribution is 6.96. The molecule has 0 saturated carbocycles. The zero-order valence-corrected chi connectivity index (χ0v) is 17.2. The summed E-state index contributed by atoms with van der Waals surface area (Å²) >= 11 is 0. The van der Waals surface area contributed by atoms with Crippen LogP contribution in [0.5, 0.6) is 0 Å². The standard InChI is InChI=1S/C27H17BN4/c1-2-6-18(7-3-1)28-23-8-4-12-31-25(23)27(26-24(28)9-5-13-32-26)21-10-14-29-16-19(21)20-17-30-15-11-22(20)27/h1-17H. The molecule has 0 bridgehead atoms. The maximum absolute atomic E-state index is 5.05. The van der Waals surface area contributed by atoms with Crippen LogP contribution in [-0.4, -0.2) is 26.6 Å². The van der Waals surface area contributed by atoms with Gasteiger partial charge in [0.05, 0.1) is 11.4 Å². The van der Waals surface area contributed by atoms with Crippen molar-refractivity contribution in [3.63, 3.8) is 0 Å². The molecule has 1 aromatic carbocycles. The van der Waals surface area contributed by atoms with Crippen molar-refractivity contribution in [1.29, 1.82) is 0 Å². The molecule has 5 heterocycles. The third kappa shape index (κ3) is 2.08. The van der Waals surface area contributed by atoms with E-state index < -0.39 is 5.41 Å². The molecule has 1 aliphatic heterocycles. The van der Waals surface area contributed by atoms with Gasteiger partial charge in [-0.1, -0.05) is 47.9 Å². The number of aromatic nitrogens is 4. The van der Waals surface area contributed by atoms with E-state index in [0.717, 1.165) is 22.5 Å². The van der Waals surface area contributed by atoms with Crippen LogP contribution in [0.15, 0.2) is 104 Å². The maximum atomic E-state index is 5.05. The minimum absolute atomic E-state index is 0.0744. The van der Waals surface area contributed by atoms with Crippen LogP contribution in [0.2, 0.25) is 0 Å². The Morgan fingerprint density at radius 1 is 0.562 bits per heavy atom. The number of hydrogen-bond donors (Lipinski definition) is 0. The average molecular weight is 408 g/mol. The predicted molar refractivity (Wildman–Crippen MR) is 126 cm³/mol. The smallest absolute Gasteiger partial charge is 0.246 e. The molecule has 0 unspecified atom stereocenters. The number of hydrogen-bond acceptors (Lipinski definition) is 4. The summed E-state index contributed by atoms with van der Waals surface area (Å²) < 4.78 is 0. The van der Waals surface area contributed by atoms with Gasteiger partial charge in [0.2, 0.25) is 6.71 Å². The van der Waals surface area contributed by atoms with Gasteiger partial charge in [-0.3, -0.25) is 19.9 Å². The molecular weight excluding hydrogens is 391 g/mol. The summed E-state index contributed by atoms with van der Waals surface area (Å²) in [6.07, 6.45) is 11.4. The SMILES string of the molecule is c1ccc(B2c3cccnc3C3(c4ccncc4-c4cnccc43)c3ncccc32)cc1. The molecule has 0 radical (unpaired) electrons. The molecule has 0 amide bonds. The van der Waals surface area contributed by atoms with Gasteiger partial charge >= 0.3 is 0 Å². The van der Waals surface area contributed by atoms with Crippen molar-refractivity contribution in [2.24, 2.45) is 0 Å². The van der Waals surface area contributed by atoms with Crippen LogP contribution in [0.1, 0.15) is 22.5 Å². The third-order valence-corrected chi connectivity index (χ3v) is 6.88. The van der Waals surface area contributed by atoms with E-state index in [1.807, 2.05) is 49.3 Å². The van der Waals surface area contributed by atoms with E-state index in [9.17, 15) is 0 Å². The lowest BCUT2D eigenvalue weighted by Gasteiger charge is -2.40. The predicted octanol–water partition coefficient (Wildman–Crippen LogP) is 2.46. The summed E-state index contributed by atoms with van der Waals surface area (Å²) in [5.74, 6) is 0. The molecule has 1 spiro atoms. The Bertz CT molecular complexity index is 1400. The number of pyridine rings is 4. The Morgan fingerprint density at radius 2 is 1.12 bits per heavy atom. The summed E-state index contributed by atoms with van der Waals surface area (Å²) in [5, 5.41) is 0. The van der Waals surface area contributed by atoms with E-state index >= 15 is 0 Å². The maximum Gasteiger partial charge on any atom is 0.246 e. The molecule has 4 nitrogen and oxygen atoms in total. The first-order valence-corrected chi connectivity index (χ1v) is 10.8. The topological polar surface area (TPSA) is 51.6 Å². The molecular formula is C27H17BN4. The molecule has 5 heteroatoms. The number of nitrogens with zero attached hydrogens (tertiary/aromatic N) is 4. The zero-order valence-electron chi connectivity index (χ0n) is 17.2. The minimum atomic E-state index is -0.588. The lowest BCUT2D eigenvalue weighted by molar-refractivity contribution is 0.711. The van der Waals surface area contributed by atoms with E-state index in [4.69, 9.17) is 9.97 Å². The first-order chi connectivity index (χ1) is 15.9. The Hall–Kier alpha value is -4.12. The largest absolute Gasteiger partial charge is 0.264 e. The summed E-state index contributed by atoms with van der Waals surface area (Å²) in [7, 11) is 0. The first kappa shape index (κ1) is 17.6. The quantitative estimate of drug-likeness (QED) is 0.392. The summed E-state index contributed by atoms with van der Waals surface area (Å²) in [4.78, 5) is 19.0. The van der Waals surface area contributed by atoms with E-state index in [2.05, 4.69) is 64.6 Å². The van der Waals surface area contributed by atoms with Gasteiger partial charge in [0.15, 0.2) is 0 Å². The van der Waals surface area contributed by atoms with Crippen LogP contribution in [0.25, 0.3) is 11.1 Å². The molecule has 0 saturated heterocycles. The molecule has 7 rings (SSSR count). The van der Waals surface area contributed by atoms with Crippen molar-refractivity contribution < 1.29 is 0 Å². The fourth-order valence-electron chi connectivity index (χ4n) is 5.74. The second-order valence-corrected chi connectivity index (χ2v) is 8.32. The van der Waals surface area contributed by atoms with Crippen LogP contribution >= 0.6 is 0 Å². The number of fused-ring (bicyclic) bond motifs is 9. The molecule has 148 valence electrons. The Labute approximate surface area is 186 Å². The third-order valence-electron chi connectivity index (χ3n) is 6.88. The fraction of sp³-hybridized carbons (Fsp3) is 0.0370. The Balaban J connectivity index is 1.67. The second kappa shape index (κ2) is 6.44. The van der Waals surface area contributed by atoms with Gasteiger partial charge in [0, 0.05) is 48.3 Å². The van der Waals surface area contributed by atoms with Crippen molar-refractivity contribution in [2.45, 2.75) is 5.41 Å². The zero-order chi connectivity index (χ0) is 21.1. The van der Waals surface area contributed by atoms with Crippen LogP contribution in [0.4, 0.5) is 0 Å². The summed E-state index contributed by atoms with van der Waals surface area (Å²) in [5.41, 5.74) is 9.70. The number of rotatable bonds is 1. The lowest BCUT2D eigenvalue weighted by Crippen LogP contribution is -2.62. The van der Waals surface area contributed by atoms with E-state index in [-0.39, 0.29) is 6.71 Å². The second-order valence-electron chi connectivity index (χ2n) is 8.32. The van der Waals surface area contributed by atoms with Crippen LogP contribution in [-0.2, 0) is 5.41 Å². The van der Waals surface area contributed by atoms with Gasteiger partial charge in [-0.2, -0.15) is 0 Å². The van der Waals surface area contributed by atoms with Gasteiger partial charge < -0.3 is 0 Å². The van der Waals surface area contributed by atoms with Gasteiger partial charge in [0.25, 0.3) is 0 Å². The Morgan fingerprint density at radius 3 is 1.69 bits per heavy atom. The highest BCUT2D eigenvalue weighted by Crippen LogP contribution is 2.54. The van der Waals surface area contributed by atoms with Crippen molar-refractivity contribution >= 4 is 23.1 Å². The van der Waals surface area contributed by atoms with Crippen molar-refractivity contribution in [3.05, 3.63) is 126 Å². The first-order valence-electron chi connectivity index (χ1n) is 10.8. The van der Waals surface area contributed by atoms with Gasteiger partial charge in [-0.05, 0) is 46.3 Å². The lowest BCUT2D eigenvalue weighted by atomic mass is 9.32. The summed E-state index contributed by atoms with van der Waals surface area (Å²) in [6, 6.07) is 23.4. The molecule has 5 aromatic rings. The molecule has 0 N–H and O–H groups in total. The number of benzene rings is 1. The van der Waals surface area contributed by atoms with Gasteiger partial charge in [-0.25, -0.2) is 0 Å². The monoisotopic (exact) mass is 408 g/mol. The van der Waals surface area contributed by atoms with Gasteiger partial charge in [0.1, 0.15) is 5.41 Å². The molecule has 0 fully saturated rings. The highest BCUT2D eigenvalue weighted by atomic mass is 14.8. The van der Waals surface area contributed by atoms with Crippen molar-refractivity contribution in [2.75, 3.05) is 0 Å². The molecule has 0 atom stereocenters. The average Bonchev–Trinajstić information content (AvgIpc) is 3.16. The van der Waals surface area contributed by atoms with Crippen LogP contribution < -0.4 is 16.4 Å². The van der Waals surface area contributed by atoms with Crippen molar-refractivity contribution in [3.8, 4) is 11.1 Å². The van der Waals surface area contributed by atoms with E-state index in [1.165, 1.54) is 27.5 Å². The van der Waals surface area contributed by atoms with Crippen molar-refractivity contribution in [1.82, 2.24) is 19.9 Å².